The van der Waals surface area contributed by atoms with Gasteiger partial charge in [0.25, 0.3) is 6.04 Å². The molecule has 11 heteroatoms. The van der Waals surface area contributed by atoms with Crippen LogP contribution in [0.25, 0.3) is 0 Å². The zero-order valence-corrected chi connectivity index (χ0v) is 13.5. The van der Waals surface area contributed by atoms with E-state index in [1.165, 1.54) is 21.6 Å². The quantitative estimate of drug-likeness (QED) is 0.112. The van der Waals surface area contributed by atoms with Gasteiger partial charge in [0.1, 0.15) is 19.9 Å². The maximum absolute atomic E-state index is 11.5. The fourth-order valence-corrected chi connectivity index (χ4v) is 3.40. The fourth-order valence-electron chi connectivity index (χ4n) is 1.09. The van der Waals surface area contributed by atoms with Crippen LogP contribution in [-0.2, 0) is 19.1 Å². The standard InChI is InChI=1S/C11H18N2O7S2/c1-12-8(10(16)19-4-2-14)6-21-22-7-9(13-18)11(17)20-5-3-15/h8-9,14-15H,1-7H2/p+2. The maximum Gasteiger partial charge on any atom is 0.380 e. The van der Waals surface area contributed by atoms with Crippen molar-refractivity contribution in [3.8, 4) is 0 Å². The van der Waals surface area contributed by atoms with Gasteiger partial charge in [0.05, 0.1) is 24.7 Å². The summed E-state index contributed by atoms with van der Waals surface area (Å²) >= 11 is 0. The van der Waals surface area contributed by atoms with Crippen LogP contribution < -0.4 is 10.2 Å². The van der Waals surface area contributed by atoms with Gasteiger partial charge in [-0.3, -0.25) is 0 Å². The van der Waals surface area contributed by atoms with Crippen molar-refractivity contribution in [3.63, 3.8) is 0 Å². The third kappa shape index (κ3) is 8.97. The lowest BCUT2D eigenvalue weighted by Gasteiger charge is -2.07. The van der Waals surface area contributed by atoms with Crippen LogP contribution in [0.1, 0.15) is 0 Å². The summed E-state index contributed by atoms with van der Waals surface area (Å²) in [5.41, 5.74) is 0. The predicted molar refractivity (Wildman–Crippen MR) is 81.0 cm³/mol. The van der Waals surface area contributed by atoms with Gasteiger partial charge in [-0.25, -0.2) is 14.6 Å². The minimum absolute atomic E-state index is 0.0896. The number of ether oxygens (including phenoxy) is 2. The fraction of sp³-hybridized carbons (Fsp3) is 0.727. The molecule has 0 spiro atoms. The van der Waals surface area contributed by atoms with Gasteiger partial charge in [0, 0.05) is 4.91 Å². The van der Waals surface area contributed by atoms with Crippen LogP contribution in [0.3, 0.4) is 0 Å². The second kappa shape index (κ2) is 13.5. The van der Waals surface area contributed by atoms with E-state index in [2.05, 4.69) is 16.4 Å². The largest absolute Gasteiger partial charge is 0.458 e. The Morgan fingerprint density at radius 2 is 1.45 bits per heavy atom. The second-order valence-electron chi connectivity index (χ2n) is 3.78. The SMILES string of the molecule is C=[NH+]C(CSSCC([NH+]=O)C(=O)OCCO)C(=O)OCCO. The molecule has 0 aromatic rings. The summed E-state index contributed by atoms with van der Waals surface area (Å²) in [7, 11) is 2.45. The summed E-state index contributed by atoms with van der Waals surface area (Å²) in [6.07, 6.45) is 0. The van der Waals surface area contributed by atoms with Crippen molar-refractivity contribution in [1.29, 1.82) is 0 Å². The number of carbonyl (C=O) groups excluding carboxylic acids is 2. The van der Waals surface area contributed by atoms with Gasteiger partial charge in [-0.15, -0.1) is 0 Å². The van der Waals surface area contributed by atoms with Crippen molar-refractivity contribution >= 4 is 40.2 Å². The van der Waals surface area contributed by atoms with Crippen LogP contribution in [0.5, 0.6) is 0 Å². The molecule has 4 N–H and O–H groups in total. The third-order valence-electron chi connectivity index (χ3n) is 2.18. The lowest BCUT2D eigenvalue weighted by molar-refractivity contribution is -0.506. The molecule has 126 valence electrons. The Labute approximate surface area is 135 Å². The molecule has 0 saturated carbocycles. The molecule has 2 atom stereocenters. The van der Waals surface area contributed by atoms with E-state index in [9.17, 15) is 14.5 Å². The molecule has 0 aliphatic heterocycles. The van der Waals surface area contributed by atoms with Crippen LogP contribution >= 0.6 is 21.6 Å². The summed E-state index contributed by atoms with van der Waals surface area (Å²) < 4.78 is 9.38. The zero-order valence-electron chi connectivity index (χ0n) is 11.9. The second-order valence-corrected chi connectivity index (χ2v) is 6.33. The summed E-state index contributed by atoms with van der Waals surface area (Å²) in [6, 6.07) is -1.71. The number of rotatable bonds is 13. The maximum atomic E-state index is 11.5. The van der Waals surface area contributed by atoms with Crippen LogP contribution in [0.4, 0.5) is 0 Å². The minimum Gasteiger partial charge on any atom is -0.458 e. The van der Waals surface area contributed by atoms with Crippen molar-refractivity contribution in [2.45, 2.75) is 12.1 Å². The predicted octanol–water partition coefficient (Wildman–Crippen LogP) is -4.20. The van der Waals surface area contributed by atoms with Crippen LogP contribution in [0.15, 0.2) is 0 Å². The Bertz CT molecular complexity index is 336. The molecule has 0 saturated heterocycles. The number of aliphatic hydroxyl groups excluding tert-OH is 2. The highest BCUT2D eigenvalue weighted by Gasteiger charge is 2.28. The van der Waals surface area contributed by atoms with E-state index in [1.807, 2.05) is 0 Å². The molecule has 0 radical (unpaired) electrons. The third-order valence-corrected chi connectivity index (χ3v) is 4.60. The average molecular weight is 356 g/mol. The Morgan fingerprint density at radius 3 is 1.86 bits per heavy atom. The zero-order chi connectivity index (χ0) is 16.8. The first-order valence-corrected chi connectivity index (χ1v) is 8.79. The van der Waals surface area contributed by atoms with Crippen LogP contribution in [0, 0.1) is 4.91 Å². The van der Waals surface area contributed by atoms with E-state index in [0.29, 0.717) is 5.75 Å². The number of nitroso groups, excluding NO2 is 1. The number of hydrogen-bond acceptors (Lipinski definition) is 9. The smallest absolute Gasteiger partial charge is 0.380 e. The van der Waals surface area contributed by atoms with E-state index in [1.54, 1.807) is 5.18 Å². The number of esters is 2. The van der Waals surface area contributed by atoms with Gasteiger partial charge >= 0.3 is 18.0 Å². The summed E-state index contributed by atoms with van der Waals surface area (Å²) in [5, 5.41) is 18.7. The molecule has 0 fully saturated rings. The van der Waals surface area contributed by atoms with Crippen molar-refractivity contribution in [1.82, 2.24) is 0 Å². The van der Waals surface area contributed by atoms with Gasteiger partial charge in [-0.2, -0.15) is 0 Å². The van der Waals surface area contributed by atoms with E-state index >= 15 is 0 Å². The van der Waals surface area contributed by atoms with Gasteiger partial charge in [-0.1, -0.05) is 21.6 Å². The topological polar surface area (TPSA) is 138 Å². The Kier molecular flexibility index (Phi) is 12.8. The first-order valence-electron chi connectivity index (χ1n) is 6.30. The summed E-state index contributed by atoms with van der Waals surface area (Å²) in [5.74, 6) is -0.853. The molecule has 22 heavy (non-hydrogen) atoms. The Hall–Kier alpha value is -1.17. The molecular weight excluding hydrogens is 336 g/mol. The van der Waals surface area contributed by atoms with E-state index in [4.69, 9.17) is 14.9 Å². The van der Waals surface area contributed by atoms with Crippen molar-refractivity contribution in [2.24, 2.45) is 0 Å². The van der Waals surface area contributed by atoms with Gasteiger partial charge in [0.2, 0.25) is 0 Å². The monoisotopic (exact) mass is 356 g/mol. The lowest BCUT2D eigenvalue weighted by Crippen LogP contribution is -2.78. The normalized spacial score (nSPS) is 13.0. The number of hydrogen-bond donors (Lipinski definition) is 4. The molecule has 0 aliphatic rings. The van der Waals surface area contributed by atoms with Gasteiger partial charge in [-0.05, 0) is 5.18 Å². The molecule has 0 aliphatic carbocycles. The van der Waals surface area contributed by atoms with Gasteiger partial charge < -0.3 is 19.7 Å². The lowest BCUT2D eigenvalue weighted by atomic mass is 10.4. The first kappa shape index (κ1) is 20.8. The molecule has 0 rings (SSSR count). The molecular formula is C11H20N2O7S2+2. The van der Waals surface area contributed by atoms with Gasteiger partial charge in [0.15, 0.2) is 0 Å². The minimum atomic E-state index is -1.04. The molecule has 0 heterocycles. The number of nitrogens with one attached hydrogen (secondary N) is 2. The number of carbonyl (C=O) groups is 2. The molecule has 0 aromatic carbocycles. The van der Waals surface area contributed by atoms with Crippen molar-refractivity contribution in [2.75, 3.05) is 37.9 Å². The van der Waals surface area contributed by atoms with Crippen LogP contribution in [-0.4, -0.2) is 78.9 Å². The molecule has 0 aromatic heterocycles. The van der Waals surface area contributed by atoms with Crippen LogP contribution in [0.2, 0.25) is 0 Å². The Balaban J connectivity index is 4.05. The van der Waals surface area contributed by atoms with E-state index in [0.717, 1.165) is 0 Å². The highest BCUT2D eigenvalue weighted by molar-refractivity contribution is 8.76. The van der Waals surface area contributed by atoms with E-state index < -0.39 is 24.0 Å². The van der Waals surface area contributed by atoms with Crippen molar-refractivity contribution in [3.05, 3.63) is 4.91 Å². The number of aliphatic hydroxyl groups is 2. The molecule has 9 nitrogen and oxygen atoms in total. The molecule has 2 unspecified atom stereocenters. The summed E-state index contributed by atoms with van der Waals surface area (Å²) in [6.45, 7) is 2.58. The molecule has 0 amide bonds. The first-order chi connectivity index (χ1) is 10.6. The Morgan fingerprint density at radius 1 is 1.00 bits per heavy atom. The van der Waals surface area contributed by atoms with E-state index in [-0.39, 0.29) is 32.2 Å². The van der Waals surface area contributed by atoms with Crippen molar-refractivity contribution < 1.29 is 39.4 Å². The summed E-state index contributed by atoms with van der Waals surface area (Å²) in [4.78, 5) is 36.1. The average Bonchev–Trinajstić information content (AvgIpc) is 2.53. The highest BCUT2D eigenvalue weighted by Crippen LogP contribution is 2.22. The highest BCUT2D eigenvalue weighted by atomic mass is 33.1. The molecule has 0 bridgehead atoms.